The molecule has 3 fully saturated rings. The summed E-state index contributed by atoms with van der Waals surface area (Å²) in [6, 6.07) is 9.43. The van der Waals surface area contributed by atoms with Gasteiger partial charge in [-0.15, -0.1) is 0 Å². The number of quaternary nitrogens is 1. The second-order valence-electron chi connectivity index (χ2n) is 6.76. The summed E-state index contributed by atoms with van der Waals surface area (Å²) in [5.41, 5.74) is 1.05. The van der Waals surface area contributed by atoms with Crippen LogP contribution in [0.15, 0.2) is 30.3 Å². The molecule has 23 heavy (non-hydrogen) atoms. The van der Waals surface area contributed by atoms with Gasteiger partial charge in [0.15, 0.2) is 0 Å². The average Bonchev–Trinajstić information content (AvgIpc) is 3.06. The summed E-state index contributed by atoms with van der Waals surface area (Å²) in [5, 5.41) is 0. The molecule has 3 heterocycles. The van der Waals surface area contributed by atoms with Gasteiger partial charge in [0.1, 0.15) is 13.1 Å². The van der Waals surface area contributed by atoms with Gasteiger partial charge in [-0.2, -0.15) is 0 Å². The van der Waals surface area contributed by atoms with Crippen molar-refractivity contribution in [2.75, 3.05) is 20.1 Å². The maximum Gasteiger partial charge on any atom is 0.611 e. The van der Waals surface area contributed by atoms with Crippen molar-refractivity contribution >= 4 is 34.6 Å². The summed E-state index contributed by atoms with van der Waals surface area (Å²) in [5.74, 6) is -0.671. The highest BCUT2D eigenvalue weighted by molar-refractivity contribution is 9.09. The van der Waals surface area contributed by atoms with Gasteiger partial charge in [-0.05, 0) is 12.0 Å². The van der Waals surface area contributed by atoms with Gasteiger partial charge < -0.3 is 18.4 Å². The third-order valence-electron chi connectivity index (χ3n) is 5.16. The summed E-state index contributed by atoms with van der Waals surface area (Å²) < 4.78 is 17.5. The summed E-state index contributed by atoms with van der Waals surface area (Å²) in [7, 11) is 1.83. The molecule has 0 bridgehead atoms. The maximum absolute atomic E-state index is 11.9. The Morgan fingerprint density at radius 2 is 1.74 bits per heavy atom. The van der Waals surface area contributed by atoms with Crippen molar-refractivity contribution < 1.29 is 28.0 Å². The van der Waals surface area contributed by atoms with Crippen LogP contribution in [0.2, 0.25) is 0 Å². The van der Waals surface area contributed by atoms with Gasteiger partial charge >= 0.3 is 18.6 Å². The first kappa shape index (κ1) is 15.2. The van der Waals surface area contributed by atoms with Crippen LogP contribution in [0, 0.1) is 0 Å². The van der Waals surface area contributed by atoms with Crippen LogP contribution in [0.1, 0.15) is 18.1 Å². The highest BCUT2D eigenvalue weighted by Gasteiger charge is 2.71. The first-order valence-electron chi connectivity index (χ1n) is 7.71. The number of likely N-dealkylation sites (N-methyl/N-ethyl adjacent to an activating group) is 1. The number of rotatable bonds is 2. The fourth-order valence-corrected chi connectivity index (χ4v) is 4.86. The number of hydrogen-bond donors (Lipinski definition) is 0. The van der Waals surface area contributed by atoms with Crippen molar-refractivity contribution in [3.8, 4) is 0 Å². The molecule has 8 heteroatoms. The number of carbonyl (C=O) groups is 2. The smallest absolute Gasteiger partial charge is 0.598 e. The highest BCUT2D eigenvalue weighted by atomic mass is 79.9. The van der Waals surface area contributed by atoms with E-state index in [4.69, 9.17) is 14.0 Å². The van der Waals surface area contributed by atoms with Gasteiger partial charge in [-0.25, -0.2) is 0 Å². The first-order chi connectivity index (χ1) is 10.9. The van der Waals surface area contributed by atoms with Crippen LogP contribution in [0.5, 0.6) is 0 Å². The van der Waals surface area contributed by atoms with Crippen LogP contribution in [-0.2, 0) is 23.6 Å². The minimum absolute atomic E-state index is 0.0678. The molecule has 3 aliphatic rings. The van der Waals surface area contributed by atoms with Gasteiger partial charge in [0, 0.05) is 11.9 Å². The number of ether oxygens (including phenoxy) is 1. The minimum Gasteiger partial charge on any atom is -0.598 e. The molecule has 122 valence electrons. The molecule has 0 spiro atoms. The Kier molecular flexibility index (Phi) is 3.34. The Balaban J connectivity index is 1.66. The topological polar surface area (TPSA) is 61.8 Å². The number of nitrogens with zero attached hydrogens (tertiary/aromatic N) is 1. The average molecular weight is 382 g/mol. The largest absolute Gasteiger partial charge is 0.611 e. The number of alkyl halides is 1. The summed E-state index contributed by atoms with van der Waals surface area (Å²) in [4.78, 5) is 23.8. The number of carbonyl (C=O) groups excluding carboxylic acids is 2. The van der Waals surface area contributed by atoms with Gasteiger partial charge in [-0.1, -0.05) is 46.3 Å². The van der Waals surface area contributed by atoms with Gasteiger partial charge in [0.2, 0.25) is 0 Å². The molecule has 0 N–H and O–H groups in total. The Morgan fingerprint density at radius 3 is 2.35 bits per heavy atom. The van der Waals surface area contributed by atoms with Crippen molar-refractivity contribution in [2.45, 2.75) is 23.4 Å². The van der Waals surface area contributed by atoms with Crippen molar-refractivity contribution in [3.63, 3.8) is 0 Å². The lowest BCUT2D eigenvalue weighted by molar-refractivity contribution is -0.795. The number of fused-ring (bicyclic) bond motifs is 1. The predicted molar refractivity (Wildman–Crippen MR) is 85.2 cm³/mol. The quantitative estimate of drug-likeness (QED) is 0.571. The molecule has 0 unspecified atom stereocenters. The molecule has 1 aromatic rings. The van der Waals surface area contributed by atoms with E-state index in [1.54, 1.807) is 0 Å². The standard InChI is InChI=1S/C15H17BBrNO5/c1-18-8-13(19)22-16(18,23-14(20)9-18)12-7-11(17)15(21-12)10-5-3-2-4-6-10/h2-6,11-12,15H,7-9H2,1H3/t11-,12-,15+,16?,18?/m0/s1. The zero-order valence-electron chi connectivity index (χ0n) is 12.7. The second-order valence-corrected chi connectivity index (χ2v) is 7.94. The lowest BCUT2D eigenvalue weighted by Gasteiger charge is -2.42. The molecule has 0 radical (unpaired) electrons. The first-order valence-corrected chi connectivity index (χ1v) is 8.62. The SMILES string of the molecule is C[N+]12CC(=O)O[B-]1([C@@H]1C[C@H](Br)[C@@H](c3ccccc3)O1)OC(=O)C2. The molecule has 0 amide bonds. The van der Waals surface area contributed by atoms with Crippen LogP contribution < -0.4 is 0 Å². The summed E-state index contributed by atoms with van der Waals surface area (Å²) in [6.45, 7) is -1.87. The molecular formula is C15H17BBrNO5. The number of halogens is 1. The van der Waals surface area contributed by atoms with E-state index in [1.165, 1.54) is 0 Å². The van der Waals surface area contributed by atoms with Gasteiger partial charge in [0.25, 0.3) is 0 Å². The molecular weight excluding hydrogens is 365 g/mol. The Hall–Kier alpha value is -1.38. The third-order valence-corrected chi connectivity index (χ3v) is 6.01. The zero-order chi connectivity index (χ0) is 16.2. The van der Waals surface area contributed by atoms with Crippen LogP contribution in [0.4, 0.5) is 0 Å². The van der Waals surface area contributed by atoms with E-state index in [1.807, 2.05) is 37.4 Å². The molecule has 0 aliphatic carbocycles. The maximum atomic E-state index is 11.9. The number of benzene rings is 1. The molecule has 3 aliphatic heterocycles. The molecule has 3 saturated heterocycles. The van der Waals surface area contributed by atoms with E-state index in [-0.39, 0.29) is 40.4 Å². The van der Waals surface area contributed by atoms with Crippen molar-refractivity contribution in [3.05, 3.63) is 35.9 Å². The fraction of sp³-hybridized carbons (Fsp3) is 0.467. The van der Waals surface area contributed by atoms with E-state index in [9.17, 15) is 9.59 Å². The van der Waals surface area contributed by atoms with Crippen molar-refractivity contribution in [2.24, 2.45) is 0 Å². The van der Waals surface area contributed by atoms with E-state index >= 15 is 0 Å². The minimum atomic E-state index is -2.16. The van der Waals surface area contributed by atoms with E-state index < -0.39 is 12.7 Å². The van der Waals surface area contributed by atoms with E-state index in [2.05, 4.69) is 15.9 Å². The molecule has 1 aromatic carbocycles. The summed E-state index contributed by atoms with van der Waals surface area (Å²) in [6.07, 6.45) is 0.457. The third kappa shape index (κ3) is 2.15. The zero-order valence-corrected chi connectivity index (χ0v) is 14.3. The predicted octanol–water partition coefficient (Wildman–Crippen LogP) is 1.32. The molecule has 0 saturated carbocycles. The monoisotopic (exact) mass is 381 g/mol. The van der Waals surface area contributed by atoms with E-state index in [0.717, 1.165) is 5.56 Å². The molecule has 0 aromatic heterocycles. The number of hydrogen-bond acceptors (Lipinski definition) is 5. The second kappa shape index (κ2) is 5.06. The highest BCUT2D eigenvalue weighted by Crippen LogP contribution is 2.46. The van der Waals surface area contributed by atoms with Crippen LogP contribution in [0.3, 0.4) is 0 Å². The van der Waals surface area contributed by atoms with Crippen molar-refractivity contribution in [1.82, 2.24) is 0 Å². The Labute approximate surface area is 142 Å². The molecule has 6 nitrogen and oxygen atoms in total. The van der Waals surface area contributed by atoms with Crippen LogP contribution in [-0.4, -0.2) is 54.0 Å². The molecule has 4 rings (SSSR count). The van der Waals surface area contributed by atoms with Crippen LogP contribution in [0.25, 0.3) is 0 Å². The van der Waals surface area contributed by atoms with Gasteiger partial charge in [0.05, 0.1) is 12.1 Å². The normalized spacial score (nSPS) is 42.4. The molecule has 3 atom stereocenters. The van der Waals surface area contributed by atoms with Crippen molar-refractivity contribution in [1.29, 1.82) is 0 Å². The van der Waals surface area contributed by atoms with Crippen LogP contribution >= 0.6 is 15.9 Å². The van der Waals surface area contributed by atoms with Gasteiger partial charge in [-0.3, -0.25) is 9.59 Å². The lowest BCUT2D eigenvalue weighted by atomic mass is 9.61. The fourth-order valence-electron chi connectivity index (χ4n) is 4.06. The summed E-state index contributed by atoms with van der Waals surface area (Å²) >= 11 is 3.67. The Bertz CT molecular complexity index is 649. The van der Waals surface area contributed by atoms with E-state index in [0.29, 0.717) is 6.42 Å². The Morgan fingerprint density at radius 1 is 1.13 bits per heavy atom. The lowest BCUT2D eigenvalue weighted by Crippen LogP contribution is -2.67.